The van der Waals surface area contributed by atoms with Crippen LogP contribution in [0, 0.1) is 16.7 Å². The van der Waals surface area contributed by atoms with E-state index in [9.17, 15) is 5.26 Å². The van der Waals surface area contributed by atoms with Crippen molar-refractivity contribution in [2.24, 2.45) is 5.41 Å². The average molecular weight is 244 g/mol. The number of hydrogen-bond acceptors (Lipinski definition) is 3. The molecule has 0 radical (unpaired) electrons. The van der Waals surface area contributed by atoms with Gasteiger partial charge in [0.25, 0.3) is 0 Å². The monoisotopic (exact) mass is 244 g/mol. The average Bonchev–Trinajstić information content (AvgIpc) is 2.66. The van der Waals surface area contributed by atoms with Gasteiger partial charge in [-0.1, -0.05) is 26.0 Å². The van der Waals surface area contributed by atoms with Crippen molar-refractivity contribution in [3.63, 3.8) is 0 Å². The Bertz CT molecular complexity index is 476. The van der Waals surface area contributed by atoms with Crippen LogP contribution in [0.5, 0.6) is 5.75 Å². The molecule has 1 aliphatic rings. The smallest absolute Gasteiger partial charge is 0.141 e. The summed E-state index contributed by atoms with van der Waals surface area (Å²) >= 11 is 0. The van der Waals surface area contributed by atoms with E-state index in [1.165, 1.54) is 0 Å². The number of nitrogens with one attached hydrogen (secondary N) is 1. The lowest BCUT2D eigenvalue weighted by molar-refractivity contribution is 0.288. The molecule has 18 heavy (non-hydrogen) atoms. The fourth-order valence-corrected chi connectivity index (χ4v) is 2.79. The second kappa shape index (κ2) is 4.53. The lowest BCUT2D eigenvalue weighted by Crippen LogP contribution is -2.46. The molecule has 1 aromatic carbocycles. The van der Waals surface area contributed by atoms with Crippen molar-refractivity contribution in [2.75, 3.05) is 12.4 Å². The second-order valence-electron chi connectivity index (χ2n) is 5.58. The Morgan fingerprint density at radius 1 is 1.28 bits per heavy atom. The lowest BCUT2D eigenvalue weighted by atomic mass is 9.75. The van der Waals surface area contributed by atoms with Crippen LogP contribution in [0.15, 0.2) is 24.3 Å². The number of hydrogen-bond donors (Lipinski definition) is 1. The van der Waals surface area contributed by atoms with E-state index in [0.29, 0.717) is 0 Å². The van der Waals surface area contributed by atoms with Crippen molar-refractivity contribution >= 4 is 5.69 Å². The molecule has 0 aliphatic heterocycles. The van der Waals surface area contributed by atoms with Crippen molar-refractivity contribution in [3.8, 4) is 11.8 Å². The van der Waals surface area contributed by atoms with Gasteiger partial charge in [0.1, 0.15) is 11.3 Å². The Balaban J connectivity index is 2.35. The van der Waals surface area contributed by atoms with Gasteiger partial charge >= 0.3 is 0 Å². The molecule has 3 nitrogen and oxygen atoms in total. The normalized spacial score (nSPS) is 25.4. The van der Waals surface area contributed by atoms with E-state index in [0.717, 1.165) is 30.7 Å². The molecule has 0 bridgehead atoms. The van der Waals surface area contributed by atoms with Crippen molar-refractivity contribution < 1.29 is 4.74 Å². The minimum Gasteiger partial charge on any atom is -0.495 e. The highest BCUT2D eigenvalue weighted by molar-refractivity contribution is 5.59. The number of methoxy groups -OCH3 is 1. The topological polar surface area (TPSA) is 45.0 Å². The molecule has 0 saturated heterocycles. The molecule has 0 spiro atoms. The zero-order valence-electron chi connectivity index (χ0n) is 11.3. The van der Waals surface area contributed by atoms with Crippen molar-refractivity contribution in [1.82, 2.24) is 0 Å². The molecular weight excluding hydrogens is 224 g/mol. The lowest BCUT2D eigenvalue weighted by Gasteiger charge is -2.37. The molecular formula is C15H20N2O. The van der Waals surface area contributed by atoms with Gasteiger partial charge in [-0.2, -0.15) is 5.26 Å². The maximum Gasteiger partial charge on any atom is 0.141 e. The quantitative estimate of drug-likeness (QED) is 0.884. The predicted molar refractivity (Wildman–Crippen MR) is 72.6 cm³/mol. The van der Waals surface area contributed by atoms with Crippen LogP contribution in [0.2, 0.25) is 0 Å². The zero-order valence-corrected chi connectivity index (χ0v) is 11.3. The Morgan fingerprint density at radius 2 is 2.00 bits per heavy atom. The maximum absolute atomic E-state index is 9.62. The van der Waals surface area contributed by atoms with Crippen LogP contribution in [0.3, 0.4) is 0 Å². The van der Waals surface area contributed by atoms with E-state index in [-0.39, 0.29) is 5.41 Å². The first kappa shape index (κ1) is 12.8. The van der Waals surface area contributed by atoms with E-state index in [4.69, 9.17) is 4.74 Å². The van der Waals surface area contributed by atoms with Crippen LogP contribution in [-0.4, -0.2) is 12.6 Å². The minimum atomic E-state index is -0.498. The predicted octanol–water partition coefficient (Wildman–Crippen LogP) is 3.58. The number of rotatable bonds is 3. The first-order valence-electron chi connectivity index (χ1n) is 6.37. The maximum atomic E-state index is 9.62. The van der Waals surface area contributed by atoms with Crippen LogP contribution in [-0.2, 0) is 0 Å². The molecule has 1 unspecified atom stereocenters. The second-order valence-corrected chi connectivity index (χ2v) is 5.58. The van der Waals surface area contributed by atoms with Gasteiger partial charge in [0.05, 0.1) is 18.9 Å². The number of nitrogens with zero attached hydrogens (tertiary/aromatic N) is 1. The van der Waals surface area contributed by atoms with E-state index < -0.39 is 5.54 Å². The Labute approximate surface area is 109 Å². The summed E-state index contributed by atoms with van der Waals surface area (Å²) in [5, 5.41) is 13.1. The highest BCUT2D eigenvalue weighted by Crippen LogP contribution is 2.48. The number of ether oxygens (including phenoxy) is 1. The largest absolute Gasteiger partial charge is 0.495 e. The summed E-state index contributed by atoms with van der Waals surface area (Å²) in [5.74, 6) is 0.787. The molecule has 96 valence electrons. The Hall–Kier alpha value is -1.69. The van der Waals surface area contributed by atoms with Gasteiger partial charge < -0.3 is 10.1 Å². The van der Waals surface area contributed by atoms with Gasteiger partial charge in [0.2, 0.25) is 0 Å². The Morgan fingerprint density at radius 3 is 2.56 bits per heavy atom. The SMILES string of the molecule is COc1ccccc1NC1(C#N)CCCC1(C)C. The number of nitriles is 1. The molecule has 1 N–H and O–H groups in total. The van der Waals surface area contributed by atoms with Crippen molar-refractivity contribution in [1.29, 1.82) is 5.26 Å². The van der Waals surface area contributed by atoms with Gasteiger partial charge in [-0.05, 0) is 31.4 Å². The summed E-state index contributed by atoms with van der Waals surface area (Å²) in [5.41, 5.74) is 0.376. The van der Waals surface area contributed by atoms with Crippen LogP contribution >= 0.6 is 0 Å². The van der Waals surface area contributed by atoms with Gasteiger partial charge in [-0.3, -0.25) is 0 Å². The summed E-state index contributed by atoms with van der Waals surface area (Å²) in [4.78, 5) is 0. The summed E-state index contributed by atoms with van der Waals surface area (Å²) in [6.07, 6.45) is 3.04. The van der Waals surface area contributed by atoms with Crippen LogP contribution < -0.4 is 10.1 Å². The molecule has 2 rings (SSSR count). The van der Waals surface area contributed by atoms with Gasteiger partial charge in [-0.15, -0.1) is 0 Å². The summed E-state index contributed by atoms with van der Waals surface area (Å²) in [6.45, 7) is 4.32. The standard InChI is InChI=1S/C15H20N2O/c1-14(2)9-6-10-15(14,11-16)17-12-7-4-5-8-13(12)18-3/h4-5,7-8,17H,6,9-10H2,1-3H3. The van der Waals surface area contributed by atoms with E-state index in [1.807, 2.05) is 24.3 Å². The molecule has 1 saturated carbocycles. The third-order valence-corrected chi connectivity index (χ3v) is 4.15. The van der Waals surface area contributed by atoms with E-state index >= 15 is 0 Å². The van der Waals surface area contributed by atoms with Gasteiger partial charge in [0.15, 0.2) is 0 Å². The van der Waals surface area contributed by atoms with Gasteiger partial charge in [0, 0.05) is 5.41 Å². The van der Waals surface area contributed by atoms with Crippen molar-refractivity contribution in [3.05, 3.63) is 24.3 Å². The molecule has 0 heterocycles. The van der Waals surface area contributed by atoms with E-state index in [1.54, 1.807) is 7.11 Å². The first-order valence-corrected chi connectivity index (χ1v) is 6.37. The van der Waals surface area contributed by atoms with E-state index in [2.05, 4.69) is 25.2 Å². The highest BCUT2D eigenvalue weighted by atomic mass is 16.5. The molecule has 3 heteroatoms. The van der Waals surface area contributed by atoms with Crippen molar-refractivity contribution in [2.45, 2.75) is 38.6 Å². The number of benzene rings is 1. The third kappa shape index (κ3) is 1.92. The molecule has 0 aromatic heterocycles. The summed E-state index contributed by atoms with van der Waals surface area (Å²) in [7, 11) is 1.65. The number of anilines is 1. The summed E-state index contributed by atoms with van der Waals surface area (Å²) < 4.78 is 5.34. The third-order valence-electron chi connectivity index (χ3n) is 4.15. The molecule has 1 aliphatic carbocycles. The molecule has 1 aromatic rings. The summed E-state index contributed by atoms with van der Waals surface area (Å²) in [6, 6.07) is 10.3. The first-order chi connectivity index (χ1) is 8.54. The van der Waals surface area contributed by atoms with Crippen LogP contribution in [0.25, 0.3) is 0 Å². The molecule has 1 fully saturated rings. The minimum absolute atomic E-state index is 0.0252. The Kier molecular flexibility index (Phi) is 3.21. The highest BCUT2D eigenvalue weighted by Gasteiger charge is 2.49. The molecule has 0 amide bonds. The number of para-hydroxylation sites is 2. The van der Waals surface area contributed by atoms with Gasteiger partial charge in [-0.25, -0.2) is 0 Å². The fourth-order valence-electron chi connectivity index (χ4n) is 2.79. The van der Waals surface area contributed by atoms with Crippen LogP contribution in [0.1, 0.15) is 33.1 Å². The zero-order chi connectivity index (χ0) is 13.2. The van der Waals surface area contributed by atoms with Crippen LogP contribution in [0.4, 0.5) is 5.69 Å². The fraction of sp³-hybridized carbons (Fsp3) is 0.533. The molecule has 1 atom stereocenters.